The quantitative estimate of drug-likeness (QED) is 0.838. The van der Waals surface area contributed by atoms with Gasteiger partial charge in [0, 0.05) is 17.5 Å². The fraction of sp³-hybridized carbons (Fsp3) is 0.684. The van der Waals surface area contributed by atoms with Crippen molar-refractivity contribution in [3.05, 3.63) is 34.9 Å². The third-order valence-corrected chi connectivity index (χ3v) is 4.71. The summed E-state index contributed by atoms with van der Waals surface area (Å²) in [6.07, 6.45) is 2.57. The molecule has 0 saturated heterocycles. The molecule has 1 nitrogen and oxygen atoms in total. The van der Waals surface area contributed by atoms with Gasteiger partial charge in [0.05, 0.1) is 0 Å². The van der Waals surface area contributed by atoms with E-state index in [2.05, 4.69) is 72.0 Å². The normalized spacial score (nSPS) is 20.6. The van der Waals surface area contributed by atoms with Crippen LogP contribution in [0.3, 0.4) is 0 Å². The first-order valence-electron chi connectivity index (χ1n) is 7.86. The Hall–Kier alpha value is -0.820. The highest BCUT2D eigenvalue weighted by atomic mass is 15.0. The highest BCUT2D eigenvalue weighted by Crippen LogP contribution is 2.55. The summed E-state index contributed by atoms with van der Waals surface area (Å²) in [5.74, 6) is 0. The Balaban J connectivity index is 2.26. The Morgan fingerprint density at radius 2 is 1.65 bits per heavy atom. The highest BCUT2D eigenvalue weighted by Gasteiger charge is 2.50. The largest absolute Gasteiger partial charge is 0.311 e. The molecule has 20 heavy (non-hydrogen) atoms. The van der Waals surface area contributed by atoms with Gasteiger partial charge in [-0.25, -0.2) is 0 Å². The Labute approximate surface area is 125 Å². The molecule has 0 aromatic heterocycles. The molecule has 1 saturated carbocycles. The minimum Gasteiger partial charge on any atom is -0.311 e. The molecular weight excluding hydrogens is 242 g/mol. The molecule has 0 unspecified atom stereocenters. The van der Waals surface area contributed by atoms with Gasteiger partial charge in [-0.2, -0.15) is 0 Å². The molecule has 1 fully saturated rings. The Morgan fingerprint density at radius 1 is 1.05 bits per heavy atom. The van der Waals surface area contributed by atoms with Crippen LogP contribution in [0, 0.1) is 19.3 Å². The van der Waals surface area contributed by atoms with Crippen molar-refractivity contribution in [1.82, 2.24) is 5.32 Å². The van der Waals surface area contributed by atoms with Gasteiger partial charge in [0.15, 0.2) is 0 Å². The van der Waals surface area contributed by atoms with Gasteiger partial charge in [0.2, 0.25) is 0 Å². The lowest BCUT2D eigenvalue weighted by Crippen LogP contribution is -2.55. The first-order valence-corrected chi connectivity index (χ1v) is 7.86. The van der Waals surface area contributed by atoms with Crippen LogP contribution < -0.4 is 5.32 Å². The van der Waals surface area contributed by atoms with Crippen LogP contribution in [-0.4, -0.2) is 12.1 Å². The van der Waals surface area contributed by atoms with E-state index in [0.29, 0.717) is 10.8 Å². The molecule has 112 valence electrons. The second-order valence-electron chi connectivity index (χ2n) is 8.70. The molecule has 1 aliphatic rings. The van der Waals surface area contributed by atoms with Crippen molar-refractivity contribution in [3.63, 3.8) is 0 Å². The van der Waals surface area contributed by atoms with Crippen molar-refractivity contribution in [2.24, 2.45) is 5.41 Å². The Morgan fingerprint density at radius 3 is 2.10 bits per heavy atom. The SMILES string of the molecule is Cc1ccc(C2(CNC(C)(C)C)CC(C)(C)C2)cc1C. The van der Waals surface area contributed by atoms with Gasteiger partial charge in [0.1, 0.15) is 0 Å². The number of benzene rings is 1. The maximum atomic E-state index is 3.73. The molecule has 0 aliphatic heterocycles. The van der Waals surface area contributed by atoms with Crippen LogP contribution in [0.5, 0.6) is 0 Å². The van der Waals surface area contributed by atoms with Crippen molar-refractivity contribution < 1.29 is 0 Å². The van der Waals surface area contributed by atoms with E-state index in [0.717, 1.165) is 6.54 Å². The zero-order valence-corrected chi connectivity index (χ0v) is 14.4. The van der Waals surface area contributed by atoms with Gasteiger partial charge in [-0.05, 0) is 69.6 Å². The lowest BCUT2D eigenvalue weighted by Gasteiger charge is -2.55. The predicted molar refractivity (Wildman–Crippen MR) is 88.4 cm³/mol. The van der Waals surface area contributed by atoms with E-state index in [1.807, 2.05) is 0 Å². The Bertz CT molecular complexity index is 483. The molecule has 1 N–H and O–H groups in total. The van der Waals surface area contributed by atoms with Crippen molar-refractivity contribution in [2.45, 2.75) is 72.3 Å². The number of aryl methyl sites for hydroxylation is 2. The van der Waals surface area contributed by atoms with E-state index >= 15 is 0 Å². The van der Waals surface area contributed by atoms with E-state index in [4.69, 9.17) is 0 Å². The van der Waals surface area contributed by atoms with Crippen LogP contribution in [-0.2, 0) is 5.41 Å². The van der Waals surface area contributed by atoms with Crippen LogP contribution >= 0.6 is 0 Å². The number of hydrogen-bond donors (Lipinski definition) is 1. The third-order valence-electron chi connectivity index (χ3n) is 4.71. The summed E-state index contributed by atoms with van der Waals surface area (Å²) in [4.78, 5) is 0. The van der Waals surface area contributed by atoms with E-state index in [-0.39, 0.29) is 5.54 Å². The molecule has 0 spiro atoms. The first-order chi connectivity index (χ1) is 9.03. The summed E-state index contributed by atoms with van der Waals surface area (Å²) in [6, 6.07) is 7.05. The minimum absolute atomic E-state index is 0.187. The van der Waals surface area contributed by atoms with Crippen LogP contribution in [0.25, 0.3) is 0 Å². The monoisotopic (exact) mass is 273 g/mol. The van der Waals surface area contributed by atoms with Crippen LogP contribution in [0.1, 0.15) is 64.2 Å². The van der Waals surface area contributed by atoms with Gasteiger partial charge in [-0.15, -0.1) is 0 Å². The van der Waals surface area contributed by atoms with Gasteiger partial charge >= 0.3 is 0 Å². The van der Waals surface area contributed by atoms with Gasteiger partial charge in [-0.1, -0.05) is 32.0 Å². The summed E-state index contributed by atoms with van der Waals surface area (Å²) >= 11 is 0. The average Bonchev–Trinajstić information content (AvgIpc) is 2.26. The third kappa shape index (κ3) is 3.25. The Kier molecular flexibility index (Phi) is 3.79. The summed E-state index contributed by atoms with van der Waals surface area (Å²) in [7, 11) is 0. The average molecular weight is 273 g/mol. The van der Waals surface area contributed by atoms with Gasteiger partial charge in [-0.3, -0.25) is 0 Å². The predicted octanol–water partition coefficient (Wildman–Crippen LogP) is 4.75. The van der Waals surface area contributed by atoms with Crippen molar-refractivity contribution in [2.75, 3.05) is 6.54 Å². The van der Waals surface area contributed by atoms with E-state index < -0.39 is 0 Å². The van der Waals surface area contributed by atoms with Crippen molar-refractivity contribution in [1.29, 1.82) is 0 Å². The van der Waals surface area contributed by atoms with Crippen LogP contribution in [0.4, 0.5) is 0 Å². The standard InChI is InChI=1S/C19H31N/c1-14-8-9-16(10-15(14)2)19(11-18(6,7)12-19)13-20-17(3,4)5/h8-10,20H,11-13H2,1-7H3. The van der Waals surface area contributed by atoms with Crippen LogP contribution in [0.15, 0.2) is 18.2 Å². The zero-order valence-electron chi connectivity index (χ0n) is 14.4. The fourth-order valence-electron chi connectivity index (χ4n) is 3.72. The van der Waals surface area contributed by atoms with Gasteiger partial charge in [0.25, 0.3) is 0 Å². The topological polar surface area (TPSA) is 12.0 Å². The summed E-state index contributed by atoms with van der Waals surface area (Å²) < 4.78 is 0. The second-order valence-corrected chi connectivity index (χ2v) is 8.70. The number of rotatable bonds is 3. The smallest absolute Gasteiger partial charge is 0.00968 e. The number of hydrogen-bond acceptors (Lipinski definition) is 1. The first kappa shape index (κ1) is 15.6. The van der Waals surface area contributed by atoms with Gasteiger partial charge < -0.3 is 5.32 Å². The molecular formula is C19H31N. The molecule has 1 aromatic rings. The molecule has 0 radical (unpaired) electrons. The van der Waals surface area contributed by atoms with Crippen molar-refractivity contribution in [3.8, 4) is 0 Å². The second kappa shape index (κ2) is 4.87. The number of nitrogens with one attached hydrogen (secondary N) is 1. The minimum atomic E-state index is 0.187. The summed E-state index contributed by atoms with van der Waals surface area (Å²) in [5, 5.41) is 3.73. The lowest BCUT2D eigenvalue weighted by molar-refractivity contribution is 0.0512. The fourth-order valence-corrected chi connectivity index (χ4v) is 3.72. The molecule has 0 atom stereocenters. The molecule has 2 rings (SSSR count). The van der Waals surface area contributed by atoms with E-state index in [1.54, 1.807) is 0 Å². The highest BCUT2D eigenvalue weighted by molar-refractivity contribution is 5.37. The summed E-state index contributed by atoms with van der Waals surface area (Å²) in [6.45, 7) is 17.1. The lowest BCUT2D eigenvalue weighted by atomic mass is 9.51. The summed E-state index contributed by atoms with van der Waals surface area (Å²) in [5.41, 5.74) is 5.34. The maximum Gasteiger partial charge on any atom is 0.00968 e. The van der Waals surface area contributed by atoms with Crippen molar-refractivity contribution >= 4 is 0 Å². The van der Waals surface area contributed by atoms with Crippen LogP contribution in [0.2, 0.25) is 0 Å². The molecule has 1 heteroatoms. The van der Waals surface area contributed by atoms with E-state index in [1.165, 1.54) is 29.5 Å². The molecule has 1 aromatic carbocycles. The van der Waals surface area contributed by atoms with E-state index in [9.17, 15) is 0 Å². The molecule has 0 heterocycles. The molecule has 0 bridgehead atoms. The molecule has 1 aliphatic carbocycles. The zero-order chi connectivity index (χ0) is 15.2. The molecule has 0 amide bonds. The maximum absolute atomic E-state index is 3.73.